The molecular formula is C13H16F2N4O4S. The molecule has 0 radical (unpaired) electrons. The fourth-order valence-corrected chi connectivity index (χ4v) is 1.69. The van der Waals surface area contributed by atoms with E-state index < -0.39 is 23.5 Å². The molecule has 132 valence electrons. The molecule has 0 saturated carbocycles. The standard InChI is InChI=1S/C13H16F2N4O4S/c1-12(22,7-4-3-5-8(6-7)23-10(16)21)13(14,15)9(20)18-19-11(24)17-2/h3-6,22H,1-2H3,(H2,16,21)(H,18,20)(H2,17,19,24). The first kappa shape index (κ1) is 19.5. The van der Waals surface area contributed by atoms with E-state index in [9.17, 15) is 23.5 Å². The Hall–Kier alpha value is -2.53. The second-order valence-corrected chi connectivity index (χ2v) is 5.16. The number of aliphatic hydroxyl groups is 1. The Labute approximate surface area is 141 Å². The molecule has 0 fully saturated rings. The summed E-state index contributed by atoms with van der Waals surface area (Å²) in [5.41, 5.74) is 5.30. The maximum Gasteiger partial charge on any atom is 0.409 e. The lowest BCUT2D eigenvalue weighted by Crippen LogP contribution is -2.58. The fraction of sp³-hybridized carbons (Fsp3) is 0.308. The number of amides is 2. The molecule has 6 N–H and O–H groups in total. The summed E-state index contributed by atoms with van der Waals surface area (Å²) in [6.45, 7) is 0.742. The van der Waals surface area contributed by atoms with Crippen LogP contribution in [0.25, 0.3) is 0 Å². The minimum Gasteiger partial charge on any atom is -0.410 e. The van der Waals surface area contributed by atoms with Gasteiger partial charge in [0.1, 0.15) is 5.75 Å². The quantitative estimate of drug-likeness (QED) is 0.380. The van der Waals surface area contributed by atoms with Gasteiger partial charge in [0.15, 0.2) is 10.7 Å². The molecule has 0 heterocycles. The molecule has 11 heteroatoms. The van der Waals surface area contributed by atoms with Crippen LogP contribution < -0.4 is 26.6 Å². The Bertz CT molecular complexity index is 655. The Balaban J connectivity index is 3.05. The number of rotatable bonds is 4. The van der Waals surface area contributed by atoms with Crippen LogP contribution in [0, 0.1) is 0 Å². The van der Waals surface area contributed by atoms with Crippen molar-refractivity contribution in [1.82, 2.24) is 16.2 Å². The normalized spacial score (nSPS) is 13.4. The number of alkyl halides is 2. The van der Waals surface area contributed by atoms with E-state index in [-0.39, 0.29) is 16.4 Å². The predicted octanol–water partition coefficient (Wildman–Crippen LogP) is 0.112. The number of hydrogen-bond acceptors (Lipinski definition) is 5. The summed E-state index contributed by atoms with van der Waals surface area (Å²) in [5, 5.41) is 12.5. The first-order valence-corrected chi connectivity index (χ1v) is 6.89. The highest BCUT2D eigenvalue weighted by Gasteiger charge is 2.56. The van der Waals surface area contributed by atoms with Gasteiger partial charge in [0.25, 0.3) is 0 Å². The molecule has 0 bridgehead atoms. The van der Waals surface area contributed by atoms with Crippen LogP contribution in [0.15, 0.2) is 24.3 Å². The number of carbonyl (C=O) groups is 2. The van der Waals surface area contributed by atoms with Crippen molar-refractivity contribution in [2.24, 2.45) is 5.73 Å². The van der Waals surface area contributed by atoms with E-state index in [0.29, 0.717) is 0 Å². The van der Waals surface area contributed by atoms with Crippen LogP contribution in [-0.2, 0) is 10.4 Å². The fourth-order valence-electron chi connectivity index (χ4n) is 1.64. The minimum absolute atomic E-state index is 0.101. The smallest absolute Gasteiger partial charge is 0.409 e. The summed E-state index contributed by atoms with van der Waals surface area (Å²) in [7, 11) is 1.42. The van der Waals surface area contributed by atoms with Gasteiger partial charge in [-0.1, -0.05) is 12.1 Å². The van der Waals surface area contributed by atoms with E-state index in [2.05, 4.69) is 22.3 Å². The third kappa shape index (κ3) is 4.26. The number of nitrogens with one attached hydrogen (secondary N) is 3. The van der Waals surface area contributed by atoms with Gasteiger partial charge in [0.2, 0.25) is 0 Å². The highest BCUT2D eigenvalue weighted by atomic mass is 32.1. The lowest BCUT2D eigenvalue weighted by molar-refractivity contribution is -0.191. The maximum atomic E-state index is 14.3. The number of hydrogen-bond donors (Lipinski definition) is 5. The van der Waals surface area contributed by atoms with Gasteiger partial charge in [-0.05, 0) is 36.8 Å². The second-order valence-electron chi connectivity index (χ2n) is 4.75. The second kappa shape index (κ2) is 7.36. The molecule has 1 aromatic carbocycles. The molecule has 1 atom stereocenters. The van der Waals surface area contributed by atoms with Gasteiger partial charge in [-0.15, -0.1) is 0 Å². The summed E-state index contributed by atoms with van der Waals surface area (Å²) in [6.07, 6.45) is -1.15. The zero-order valence-electron chi connectivity index (χ0n) is 12.7. The van der Waals surface area contributed by atoms with Crippen LogP contribution >= 0.6 is 12.2 Å². The molecule has 2 amide bonds. The first-order chi connectivity index (χ1) is 11.0. The lowest BCUT2D eigenvalue weighted by Gasteiger charge is -2.32. The summed E-state index contributed by atoms with van der Waals surface area (Å²) in [6, 6.07) is 4.64. The number of nitrogens with two attached hydrogens (primary N) is 1. The minimum atomic E-state index is -4.24. The summed E-state index contributed by atoms with van der Waals surface area (Å²) in [5.74, 6) is -6.22. The van der Waals surface area contributed by atoms with Gasteiger partial charge in [-0.25, -0.2) is 4.79 Å². The first-order valence-electron chi connectivity index (χ1n) is 6.48. The number of hydrazine groups is 1. The van der Waals surface area contributed by atoms with E-state index in [0.717, 1.165) is 19.1 Å². The van der Waals surface area contributed by atoms with Crippen molar-refractivity contribution < 1.29 is 28.2 Å². The molecule has 0 spiro atoms. The highest BCUT2D eigenvalue weighted by molar-refractivity contribution is 7.80. The van der Waals surface area contributed by atoms with Crippen LogP contribution in [-0.4, -0.2) is 35.2 Å². The van der Waals surface area contributed by atoms with Crippen molar-refractivity contribution >= 4 is 29.3 Å². The molecule has 0 aliphatic heterocycles. The molecule has 1 unspecified atom stereocenters. The molecule has 8 nitrogen and oxygen atoms in total. The molecule has 1 rings (SSSR count). The van der Waals surface area contributed by atoms with Crippen LogP contribution in [0.2, 0.25) is 0 Å². The van der Waals surface area contributed by atoms with Gasteiger partial charge >= 0.3 is 17.9 Å². The average molecular weight is 362 g/mol. The Morgan fingerprint density at radius 1 is 1.33 bits per heavy atom. The largest absolute Gasteiger partial charge is 0.410 e. The van der Waals surface area contributed by atoms with Crippen molar-refractivity contribution in [2.75, 3.05) is 7.05 Å². The zero-order valence-corrected chi connectivity index (χ0v) is 13.5. The third-order valence-electron chi connectivity index (χ3n) is 3.03. The molecular weight excluding hydrogens is 346 g/mol. The molecule has 0 aliphatic rings. The van der Waals surface area contributed by atoms with Crippen molar-refractivity contribution in [3.8, 4) is 5.75 Å². The van der Waals surface area contributed by atoms with Crippen LogP contribution in [0.4, 0.5) is 13.6 Å². The summed E-state index contributed by atoms with van der Waals surface area (Å²) >= 11 is 4.64. The van der Waals surface area contributed by atoms with E-state index in [4.69, 9.17) is 5.73 Å². The number of ether oxygens (including phenoxy) is 1. The Kier molecular flexibility index (Phi) is 5.99. The van der Waals surface area contributed by atoms with Crippen molar-refractivity contribution in [1.29, 1.82) is 0 Å². The number of primary amides is 1. The summed E-state index contributed by atoms with van der Waals surface area (Å²) in [4.78, 5) is 22.4. The van der Waals surface area contributed by atoms with E-state index >= 15 is 0 Å². The van der Waals surface area contributed by atoms with Crippen LogP contribution in [0.1, 0.15) is 12.5 Å². The molecule has 0 aliphatic carbocycles. The van der Waals surface area contributed by atoms with Crippen LogP contribution in [0.5, 0.6) is 5.75 Å². The Morgan fingerprint density at radius 2 is 1.96 bits per heavy atom. The van der Waals surface area contributed by atoms with E-state index in [1.165, 1.54) is 19.2 Å². The molecule has 1 aromatic rings. The predicted molar refractivity (Wildman–Crippen MR) is 84.1 cm³/mol. The van der Waals surface area contributed by atoms with Gasteiger partial charge in [-0.2, -0.15) is 8.78 Å². The number of carbonyl (C=O) groups excluding carboxylic acids is 2. The third-order valence-corrected chi connectivity index (χ3v) is 3.33. The zero-order chi connectivity index (χ0) is 18.5. The van der Waals surface area contributed by atoms with Gasteiger partial charge < -0.3 is 20.9 Å². The highest BCUT2D eigenvalue weighted by Crippen LogP contribution is 2.38. The number of benzene rings is 1. The average Bonchev–Trinajstić information content (AvgIpc) is 2.51. The van der Waals surface area contributed by atoms with Gasteiger partial charge in [-0.3, -0.25) is 15.6 Å². The molecule has 24 heavy (non-hydrogen) atoms. The van der Waals surface area contributed by atoms with E-state index in [1.54, 1.807) is 5.43 Å². The summed E-state index contributed by atoms with van der Waals surface area (Å²) < 4.78 is 33.2. The SMILES string of the molecule is CNC(=S)NNC(=O)C(F)(F)C(C)(O)c1cccc(OC(N)=O)c1. The maximum absolute atomic E-state index is 14.3. The van der Waals surface area contributed by atoms with Crippen molar-refractivity contribution in [3.05, 3.63) is 29.8 Å². The van der Waals surface area contributed by atoms with Gasteiger partial charge in [0, 0.05) is 7.05 Å². The van der Waals surface area contributed by atoms with Crippen molar-refractivity contribution in [2.45, 2.75) is 18.4 Å². The number of thiocarbonyl (C=S) groups is 1. The Morgan fingerprint density at radius 3 is 2.50 bits per heavy atom. The molecule has 0 aromatic heterocycles. The monoisotopic (exact) mass is 362 g/mol. The number of halogens is 2. The molecule has 0 saturated heterocycles. The lowest BCUT2D eigenvalue weighted by atomic mass is 9.88. The topological polar surface area (TPSA) is 126 Å². The van der Waals surface area contributed by atoms with E-state index in [1.807, 2.05) is 5.43 Å². The van der Waals surface area contributed by atoms with Gasteiger partial charge in [0.05, 0.1) is 0 Å². The van der Waals surface area contributed by atoms with Crippen molar-refractivity contribution in [3.63, 3.8) is 0 Å². The van der Waals surface area contributed by atoms with Crippen LogP contribution in [0.3, 0.4) is 0 Å².